The number of rotatable bonds is 8. The van der Waals surface area contributed by atoms with Gasteiger partial charge in [-0.25, -0.2) is 4.98 Å². The van der Waals surface area contributed by atoms with Gasteiger partial charge in [0.2, 0.25) is 5.91 Å². The zero-order chi connectivity index (χ0) is 26.7. The van der Waals surface area contributed by atoms with Gasteiger partial charge in [-0.2, -0.15) is 8.42 Å². The maximum Gasteiger partial charge on any atom is 0.336 e. The highest BCUT2D eigenvalue weighted by atomic mass is 35.5. The van der Waals surface area contributed by atoms with Crippen LogP contribution >= 0.6 is 23.4 Å². The Labute approximate surface area is 228 Å². The number of hydrogen-bond acceptors (Lipinski definition) is 5. The molecule has 0 aliphatic carbocycles. The van der Waals surface area contributed by atoms with Crippen molar-refractivity contribution in [1.29, 1.82) is 0 Å². The number of aromatic nitrogens is 2. The predicted octanol–water partition coefficient (Wildman–Crippen LogP) is 5.31. The Morgan fingerprint density at radius 1 is 0.868 bits per heavy atom. The molecule has 2 N–H and O–H groups in total. The van der Waals surface area contributed by atoms with Gasteiger partial charge in [-0.15, -0.1) is 3.97 Å². The number of aromatic amines is 1. The number of imidazole rings is 1. The maximum absolute atomic E-state index is 13.5. The maximum atomic E-state index is 13.5. The van der Waals surface area contributed by atoms with Gasteiger partial charge < -0.3 is 5.32 Å². The van der Waals surface area contributed by atoms with Gasteiger partial charge in [0, 0.05) is 16.1 Å². The summed E-state index contributed by atoms with van der Waals surface area (Å²) >= 11 is 7.18. The lowest BCUT2D eigenvalue weighted by Gasteiger charge is -2.11. The first-order valence-electron chi connectivity index (χ1n) is 11.5. The number of benzene rings is 4. The lowest BCUT2D eigenvalue weighted by atomic mass is 10.0. The van der Waals surface area contributed by atoms with Crippen molar-refractivity contribution in [2.45, 2.75) is 10.1 Å². The van der Waals surface area contributed by atoms with Crippen molar-refractivity contribution in [3.05, 3.63) is 119 Å². The zero-order valence-electron chi connectivity index (χ0n) is 19.8. The molecule has 5 aromatic rings. The molecule has 0 aliphatic heterocycles. The first kappa shape index (κ1) is 25.7. The summed E-state index contributed by atoms with van der Waals surface area (Å²) < 4.78 is 28.3. The Bertz CT molecular complexity index is 1760. The van der Waals surface area contributed by atoms with E-state index in [1.807, 2.05) is 6.07 Å². The number of anilines is 1. The summed E-state index contributed by atoms with van der Waals surface area (Å²) in [5.41, 5.74) is 2.12. The molecule has 4 aromatic carbocycles. The summed E-state index contributed by atoms with van der Waals surface area (Å²) in [6, 6.07) is 28.5. The van der Waals surface area contributed by atoms with E-state index < -0.39 is 15.9 Å². The number of nitrogens with one attached hydrogen (secondary N) is 2. The van der Waals surface area contributed by atoms with Crippen LogP contribution in [0.1, 0.15) is 15.9 Å². The van der Waals surface area contributed by atoms with E-state index in [4.69, 9.17) is 11.6 Å². The molecule has 0 fully saturated rings. The average Bonchev–Trinajstić information content (AvgIpc) is 3.33. The van der Waals surface area contributed by atoms with Crippen molar-refractivity contribution in [3.8, 4) is 0 Å². The van der Waals surface area contributed by atoms with Crippen LogP contribution in [-0.4, -0.2) is 30.8 Å². The van der Waals surface area contributed by atoms with Gasteiger partial charge in [0.15, 0.2) is 16.8 Å². The molecule has 0 bridgehead atoms. The predicted molar refractivity (Wildman–Crippen MR) is 148 cm³/mol. The van der Waals surface area contributed by atoms with Gasteiger partial charge in [0.25, 0.3) is 0 Å². The van der Waals surface area contributed by atoms with E-state index in [9.17, 15) is 18.0 Å². The van der Waals surface area contributed by atoms with Crippen LogP contribution in [0.4, 0.5) is 5.69 Å². The fourth-order valence-corrected chi connectivity index (χ4v) is 6.70. The minimum Gasteiger partial charge on any atom is -0.325 e. The number of carbonyl (C=O) groups excluding carboxylic acids is 2. The molecule has 1 amide bonds. The van der Waals surface area contributed by atoms with E-state index in [1.54, 1.807) is 78.9 Å². The molecule has 0 unspecified atom stereocenters. The minimum atomic E-state index is -3.94. The molecule has 38 heavy (non-hydrogen) atoms. The average molecular weight is 563 g/mol. The monoisotopic (exact) mass is 562 g/mol. The van der Waals surface area contributed by atoms with Crippen LogP contribution in [0.25, 0.3) is 11.0 Å². The molecular weight excluding hydrogens is 542 g/mol. The Balaban J connectivity index is 1.41. The highest BCUT2D eigenvalue weighted by Gasteiger charge is 2.32. The largest absolute Gasteiger partial charge is 0.336 e. The Hall–Kier alpha value is -3.92. The molecule has 0 saturated carbocycles. The number of para-hydroxylation sites is 2. The third-order valence-electron chi connectivity index (χ3n) is 5.71. The molecule has 7 nitrogen and oxygen atoms in total. The number of carbonyl (C=O) groups is 2. The highest BCUT2D eigenvalue weighted by molar-refractivity contribution is 8.00. The van der Waals surface area contributed by atoms with Crippen LogP contribution < -0.4 is 9.29 Å². The molecule has 10 heteroatoms. The Morgan fingerprint density at radius 2 is 1.53 bits per heavy atom. The van der Waals surface area contributed by atoms with Crippen LogP contribution in [-0.2, 0) is 14.8 Å². The van der Waals surface area contributed by atoms with Gasteiger partial charge in [-0.05, 0) is 54.2 Å². The van der Waals surface area contributed by atoms with Crippen molar-refractivity contribution in [3.63, 3.8) is 0 Å². The molecule has 1 heterocycles. The van der Waals surface area contributed by atoms with Gasteiger partial charge in [0.05, 0.1) is 11.4 Å². The van der Waals surface area contributed by atoms with Crippen LogP contribution in [0.2, 0.25) is 5.02 Å². The summed E-state index contributed by atoms with van der Waals surface area (Å²) in [4.78, 5) is 29.3. The highest BCUT2D eigenvalue weighted by Crippen LogP contribution is 2.25. The Kier molecular flexibility index (Phi) is 7.33. The second-order valence-electron chi connectivity index (χ2n) is 8.25. The molecular formula is C28H21ClN3O4S2+. The third-order valence-corrected chi connectivity index (χ3v) is 8.75. The number of halogens is 1. The number of nitrogens with zero attached hydrogens (tertiary/aromatic N) is 1. The number of H-pyrrole nitrogens is 1. The SMILES string of the molecule is O=C(CSc1[nH]c2ccccc2[n+]1S(=O)(=O)c1ccccc1)Nc1ccc(Cl)cc1C(=O)c1ccccc1. The fourth-order valence-electron chi connectivity index (χ4n) is 3.94. The van der Waals surface area contributed by atoms with Crippen molar-refractivity contribution < 1.29 is 22.0 Å². The quantitative estimate of drug-likeness (QED) is 0.152. The van der Waals surface area contributed by atoms with Crippen molar-refractivity contribution in [2.24, 2.45) is 0 Å². The smallest absolute Gasteiger partial charge is 0.325 e. The number of amides is 1. The van der Waals surface area contributed by atoms with Gasteiger partial charge in [0.1, 0.15) is 4.90 Å². The summed E-state index contributed by atoms with van der Waals surface area (Å²) in [5, 5.41) is 3.41. The van der Waals surface area contributed by atoms with E-state index in [0.29, 0.717) is 27.3 Å². The van der Waals surface area contributed by atoms with Crippen LogP contribution in [0.5, 0.6) is 0 Å². The third kappa shape index (κ3) is 5.22. The number of fused-ring (bicyclic) bond motifs is 1. The summed E-state index contributed by atoms with van der Waals surface area (Å²) in [5.74, 6) is -0.807. The number of thioether (sulfide) groups is 1. The number of hydrogen-bond donors (Lipinski definition) is 2. The molecule has 0 atom stereocenters. The molecule has 0 aliphatic rings. The van der Waals surface area contributed by atoms with Crippen molar-refractivity contribution in [1.82, 2.24) is 4.98 Å². The van der Waals surface area contributed by atoms with E-state index in [0.717, 1.165) is 11.8 Å². The van der Waals surface area contributed by atoms with Gasteiger partial charge in [-0.1, -0.05) is 72.3 Å². The van der Waals surface area contributed by atoms with Crippen molar-refractivity contribution >= 4 is 61.8 Å². The first-order chi connectivity index (χ1) is 18.3. The zero-order valence-corrected chi connectivity index (χ0v) is 22.2. The van der Waals surface area contributed by atoms with Gasteiger partial charge in [-0.3, -0.25) is 9.59 Å². The van der Waals surface area contributed by atoms with Crippen LogP contribution in [0.15, 0.2) is 113 Å². The number of ketones is 1. The molecule has 0 radical (unpaired) electrons. The fraction of sp³-hybridized carbons (Fsp3) is 0.0357. The van der Waals surface area contributed by atoms with Crippen molar-refractivity contribution in [2.75, 3.05) is 11.1 Å². The van der Waals surface area contributed by atoms with E-state index in [2.05, 4.69) is 10.3 Å². The summed E-state index contributed by atoms with van der Waals surface area (Å²) in [6.45, 7) is 0. The van der Waals surface area contributed by atoms with Crippen LogP contribution in [0, 0.1) is 0 Å². The first-order valence-corrected chi connectivity index (χ1v) is 14.3. The Morgan fingerprint density at radius 3 is 2.26 bits per heavy atom. The van der Waals surface area contributed by atoms with E-state index in [-0.39, 0.29) is 27.2 Å². The standard InChI is InChI=1S/C28H20ClN3O4S2/c29-20-15-16-23(22(17-20)27(34)19-9-3-1-4-10-19)30-26(33)18-37-28-31-24-13-7-8-14-25(24)32(28)38(35,36)21-11-5-2-6-12-21/h1-17H,18H2,(H,30,33,34)/p+1. The molecule has 1 aromatic heterocycles. The topological polar surface area (TPSA) is 100.0 Å². The molecule has 0 spiro atoms. The van der Waals surface area contributed by atoms with E-state index in [1.165, 1.54) is 22.2 Å². The molecule has 5 rings (SSSR count). The second-order valence-corrected chi connectivity index (χ2v) is 11.4. The van der Waals surface area contributed by atoms with Crippen LogP contribution in [0.3, 0.4) is 0 Å². The molecule has 0 saturated heterocycles. The lowest BCUT2D eigenvalue weighted by Crippen LogP contribution is -2.44. The molecule has 190 valence electrons. The summed E-state index contributed by atoms with van der Waals surface area (Å²) in [7, 11) is -3.94. The van der Waals surface area contributed by atoms with Gasteiger partial charge >= 0.3 is 15.2 Å². The minimum absolute atomic E-state index is 0.112. The normalized spacial score (nSPS) is 11.4. The second kappa shape index (κ2) is 10.8. The lowest BCUT2D eigenvalue weighted by molar-refractivity contribution is -0.526. The van der Waals surface area contributed by atoms with E-state index >= 15 is 0 Å². The summed E-state index contributed by atoms with van der Waals surface area (Å²) in [6.07, 6.45) is 0.